The molecule has 2 aliphatic heterocycles. The molecule has 106 valence electrons. The number of ether oxygens (including phenoxy) is 1. The molecule has 0 aromatic heterocycles. The summed E-state index contributed by atoms with van der Waals surface area (Å²) in [6.07, 6.45) is 5.14. The van der Waals surface area contributed by atoms with Crippen molar-refractivity contribution in [3.8, 4) is 0 Å². The van der Waals surface area contributed by atoms with Gasteiger partial charge in [0.1, 0.15) is 0 Å². The van der Waals surface area contributed by atoms with E-state index in [1.165, 1.54) is 38.8 Å². The molecule has 18 heavy (non-hydrogen) atoms. The number of hydrogen-bond donors (Lipinski definition) is 1. The van der Waals surface area contributed by atoms with E-state index in [2.05, 4.69) is 31.0 Å². The van der Waals surface area contributed by atoms with Crippen LogP contribution in [0.5, 0.6) is 0 Å². The first-order valence-corrected chi connectivity index (χ1v) is 7.72. The molecule has 1 spiro atoms. The SMILES string of the molecule is CCCNC(C)C(C)N1CCC2(CCOCC2)C1. The lowest BCUT2D eigenvalue weighted by Crippen LogP contribution is -2.47. The van der Waals surface area contributed by atoms with E-state index in [0.717, 1.165) is 19.8 Å². The second-order valence-electron chi connectivity index (χ2n) is 6.32. The minimum Gasteiger partial charge on any atom is -0.381 e. The van der Waals surface area contributed by atoms with Crippen LogP contribution >= 0.6 is 0 Å². The third-order valence-electron chi connectivity index (χ3n) is 5.04. The molecule has 2 unspecified atom stereocenters. The fourth-order valence-electron chi connectivity index (χ4n) is 3.39. The predicted molar refractivity (Wildman–Crippen MR) is 75.9 cm³/mol. The Kier molecular flexibility index (Phi) is 5.05. The highest BCUT2D eigenvalue weighted by Gasteiger charge is 2.41. The lowest BCUT2D eigenvalue weighted by atomic mass is 9.79. The molecular formula is C15H30N2O. The molecule has 0 amide bonds. The van der Waals surface area contributed by atoms with Crippen molar-refractivity contribution < 1.29 is 4.74 Å². The Hall–Kier alpha value is -0.120. The third-order valence-corrected chi connectivity index (χ3v) is 5.04. The van der Waals surface area contributed by atoms with Crippen LogP contribution in [-0.4, -0.2) is 49.8 Å². The summed E-state index contributed by atoms with van der Waals surface area (Å²) < 4.78 is 5.52. The number of nitrogens with zero attached hydrogens (tertiary/aromatic N) is 1. The molecule has 2 rings (SSSR count). The Morgan fingerprint density at radius 3 is 2.61 bits per heavy atom. The summed E-state index contributed by atoms with van der Waals surface area (Å²) in [5.74, 6) is 0. The number of nitrogens with one attached hydrogen (secondary N) is 1. The highest BCUT2D eigenvalue weighted by Crippen LogP contribution is 2.40. The summed E-state index contributed by atoms with van der Waals surface area (Å²) in [6.45, 7) is 12.6. The first-order chi connectivity index (χ1) is 8.67. The van der Waals surface area contributed by atoms with Crippen LogP contribution in [-0.2, 0) is 4.74 Å². The van der Waals surface area contributed by atoms with E-state index >= 15 is 0 Å². The molecule has 1 N–H and O–H groups in total. The molecule has 0 bridgehead atoms. The van der Waals surface area contributed by atoms with Crippen LogP contribution in [0.1, 0.15) is 46.5 Å². The van der Waals surface area contributed by atoms with E-state index in [1.807, 2.05) is 0 Å². The maximum atomic E-state index is 5.52. The Balaban J connectivity index is 1.83. The van der Waals surface area contributed by atoms with Crippen molar-refractivity contribution in [1.29, 1.82) is 0 Å². The number of rotatable bonds is 5. The zero-order valence-corrected chi connectivity index (χ0v) is 12.4. The molecule has 0 aromatic rings. The topological polar surface area (TPSA) is 24.5 Å². The van der Waals surface area contributed by atoms with Crippen molar-refractivity contribution in [2.45, 2.75) is 58.5 Å². The van der Waals surface area contributed by atoms with Crippen molar-refractivity contribution in [1.82, 2.24) is 10.2 Å². The lowest BCUT2D eigenvalue weighted by molar-refractivity contribution is 0.0167. The molecule has 0 aromatic carbocycles. The van der Waals surface area contributed by atoms with Gasteiger partial charge in [0.15, 0.2) is 0 Å². The Morgan fingerprint density at radius 1 is 1.22 bits per heavy atom. The quantitative estimate of drug-likeness (QED) is 0.814. The van der Waals surface area contributed by atoms with Gasteiger partial charge < -0.3 is 10.1 Å². The van der Waals surface area contributed by atoms with Crippen molar-refractivity contribution in [2.75, 3.05) is 32.8 Å². The molecule has 2 aliphatic rings. The standard InChI is InChI=1S/C15H30N2O/c1-4-8-16-13(2)14(3)17-9-5-15(12-17)6-10-18-11-7-15/h13-14,16H,4-12H2,1-3H3. The molecule has 2 heterocycles. The lowest BCUT2D eigenvalue weighted by Gasteiger charge is -2.36. The monoisotopic (exact) mass is 254 g/mol. The molecule has 2 atom stereocenters. The highest BCUT2D eigenvalue weighted by atomic mass is 16.5. The van der Waals surface area contributed by atoms with Crippen molar-refractivity contribution in [3.05, 3.63) is 0 Å². The van der Waals surface area contributed by atoms with Crippen molar-refractivity contribution >= 4 is 0 Å². The van der Waals surface area contributed by atoms with Gasteiger partial charge in [-0.3, -0.25) is 4.90 Å². The van der Waals surface area contributed by atoms with Gasteiger partial charge in [0, 0.05) is 31.8 Å². The van der Waals surface area contributed by atoms with Crippen LogP contribution in [0.3, 0.4) is 0 Å². The van der Waals surface area contributed by atoms with E-state index in [9.17, 15) is 0 Å². The van der Waals surface area contributed by atoms with E-state index in [1.54, 1.807) is 0 Å². The molecule has 0 radical (unpaired) electrons. The van der Waals surface area contributed by atoms with Gasteiger partial charge in [0.2, 0.25) is 0 Å². The van der Waals surface area contributed by atoms with Gasteiger partial charge in [-0.15, -0.1) is 0 Å². The van der Waals surface area contributed by atoms with Crippen molar-refractivity contribution in [2.24, 2.45) is 5.41 Å². The predicted octanol–water partition coefficient (Wildman–Crippen LogP) is 2.27. The van der Waals surface area contributed by atoms with Gasteiger partial charge in [-0.1, -0.05) is 6.92 Å². The van der Waals surface area contributed by atoms with E-state index in [-0.39, 0.29) is 0 Å². The van der Waals surface area contributed by atoms with Crippen LogP contribution in [0.2, 0.25) is 0 Å². The fourth-order valence-corrected chi connectivity index (χ4v) is 3.39. The molecule has 3 nitrogen and oxygen atoms in total. The minimum absolute atomic E-state index is 0.580. The van der Waals surface area contributed by atoms with Gasteiger partial charge in [-0.05, 0) is 58.0 Å². The zero-order chi connectivity index (χ0) is 13.0. The van der Waals surface area contributed by atoms with Gasteiger partial charge in [-0.25, -0.2) is 0 Å². The van der Waals surface area contributed by atoms with Crippen LogP contribution < -0.4 is 5.32 Å². The molecule has 2 saturated heterocycles. The maximum absolute atomic E-state index is 5.52. The number of hydrogen-bond acceptors (Lipinski definition) is 3. The smallest absolute Gasteiger partial charge is 0.0471 e. The molecule has 0 aliphatic carbocycles. The summed E-state index contributed by atoms with van der Waals surface area (Å²) in [5, 5.41) is 3.63. The maximum Gasteiger partial charge on any atom is 0.0471 e. The minimum atomic E-state index is 0.580. The van der Waals surface area contributed by atoms with Gasteiger partial charge >= 0.3 is 0 Å². The summed E-state index contributed by atoms with van der Waals surface area (Å²) in [4.78, 5) is 2.69. The Morgan fingerprint density at radius 2 is 1.94 bits per heavy atom. The van der Waals surface area contributed by atoms with Crippen LogP contribution in [0.25, 0.3) is 0 Å². The van der Waals surface area contributed by atoms with Crippen LogP contribution in [0.15, 0.2) is 0 Å². The van der Waals surface area contributed by atoms with Crippen LogP contribution in [0.4, 0.5) is 0 Å². The first-order valence-electron chi connectivity index (χ1n) is 7.72. The normalized spacial score (nSPS) is 27.5. The summed E-state index contributed by atoms with van der Waals surface area (Å²) in [5.41, 5.74) is 0.580. The zero-order valence-electron chi connectivity index (χ0n) is 12.4. The second-order valence-corrected chi connectivity index (χ2v) is 6.32. The molecule has 3 heteroatoms. The van der Waals surface area contributed by atoms with Crippen LogP contribution in [0, 0.1) is 5.41 Å². The average Bonchev–Trinajstić information content (AvgIpc) is 2.79. The molecular weight excluding hydrogens is 224 g/mol. The number of likely N-dealkylation sites (tertiary alicyclic amines) is 1. The third kappa shape index (κ3) is 3.25. The Bertz CT molecular complexity index is 251. The second kappa shape index (κ2) is 6.36. The fraction of sp³-hybridized carbons (Fsp3) is 1.00. The van der Waals surface area contributed by atoms with E-state index in [4.69, 9.17) is 4.74 Å². The van der Waals surface area contributed by atoms with E-state index in [0.29, 0.717) is 17.5 Å². The molecule has 0 saturated carbocycles. The highest BCUT2D eigenvalue weighted by molar-refractivity contribution is 4.94. The van der Waals surface area contributed by atoms with Gasteiger partial charge in [0.05, 0.1) is 0 Å². The van der Waals surface area contributed by atoms with Gasteiger partial charge in [0.25, 0.3) is 0 Å². The summed E-state index contributed by atoms with van der Waals surface area (Å²) >= 11 is 0. The average molecular weight is 254 g/mol. The van der Waals surface area contributed by atoms with Crippen molar-refractivity contribution in [3.63, 3.8) is 0 Å². The first kappa shape index (κ1) is 14.3. The largest absolute Gasteiger partial charge is 0.381 e. The summed E-state index contributed by atoms with van der Waals surface area (Å²) in [6, 6.07) is 1.25. The Labute approximate surface area is 112 Å². The molecule has 2 fully saturated rings. The van der Waals surface area contributed by atoms with E-state index < -0.39 is 0 Å². The summed E-state index contributed by atoms with van der Waals surface area (Å²) in [7, 11) is 0. The van der Waals surface area contributed by atoms with Gasteiger partial charge in [-0.2, -0.15) is 0 Å².